The Morgan fingerprint density at radius 3 is 2.60 bits per heavy atom. The highest BCUT2D eigenvalue weighted by atomic mass is 32.2. The molecule has 0 spiro atoms. The molecule has 2 aromatic rings. The van der Waals surface area contributed by atoms with Crippen LogP contribution in [0.3, 0.4) is 0 Å². The molecule has 0 saturated carbocycles. The Bertz CT molecular complexity index is 684. The van der Waals surface area contributed by atoms with E-state index in [4.69, 9.17) is 10.5 Å². The minimum absolute atomic E-state index is 0.111. The van der Waals surface area contributed by atoms with E-state index in [2.05, 4.69) is 9.71 Å². The number of aromatic nitrogens is 1. The molecule has 0 bridgehead atoms. The van der Waals surface area contributed by atoms with Crippen LogP contribution in [0.15, 0.2) is 47.5 Å². The van der Waals surface area contributed by atoms with Gasteiger partial charge in [-0.15, -0.1) is 0 Å². The van der Waals surface area contributed by atoms with Crippen molar-refractivity contribution in [2.75, 3.05) is 17.1 Å². The molecule has 6 nitrogen and oxygen atoms in total. The van der Waals surface area contributed by atoms with Gasteiger partial charge in [-0.1, -0.05) is 0 Å². The van der Waals surface area contributed by atoms with Crippen molar-refractivity contribution in [2.45, 2.75) is 11.8 Å². The third kappa shape index (κ3) is 3.18. The van der Waals surface area contributed by atoms with Gasteiger partial charge in [0.25, 0.3) is 10.0 Å². The maximum Gasteiger partial charge on any atom is 0.263 e. The number of pyridine rings is 1. The van der Waals surface area contributed by atoms with E-state index in [-0.39, 0.29) is 10.7 Å². The minimum atomic E-state index is -3.72. The Labute approximate surface area is 117 Å². The molecule has 7 heteroatoms. The standard InChI is InChI=1S/C13H15N3O3S/c1-2-19-12-4-3-9-15-13(12)16-20(17,18)11-7-5-10(14)6-8-11/h3-9H,2,14H2,1H3,(H,15,16). The summed E-state index contributed by atoms with van der Waals surface area (Å²) in [4.78, 5) is 4.10. The zero-order valence-corrected chi connectivity index (χ0v) is 11.7. The third-order valence-corrected chi connectivity index (χ3v) is 3.85. The van der Waals surface area contributed by atoms with Crippen molar-refractivity contribution in [3.63, 3.8) is 0 Å². The normalized spacial score (nSPS) is 11.1. The van der Waals surface area contributed by atoms with Gasteiger partial charge in [-0.3, -0.25) is 4.72 Å². The Hall–Kier alpha value is -2.28. The molecule has 1 aromatic heterocycles. The van der Waals surface area contributed by atoms with Gasteiger partial charge in [-0.05, 0) is 43.3 Å². The number of nitrogens with zero attached hydrogens (tertiary/aromatic N) is 1. The fraction of sp³-hybridized carbons (Fsp3) is 0.154. The van der Waals surface area contributed by atoms with Crippen LogP contribution in [-0.2, 0) is 10.0 Å². The second-order valence-corrected chi connectivity index (χ2v) is 5.64. The predicted molar refractivity (Wildman–Crippen MR) is 77.1 cm³/mol. The molecule has 0 radical (unpaired) electrons. The van der Waals surface area contributed by atoms with Gasteiger partial charge in [0.05, 0.1) is 11.5 Å². The van der Waals surface area contributed by atoms with Gasteiger partial charge < -0.3 is 10.5 Å². The molecule has 0 saturated heterocycles. The van der Waals surface area contributed by atoms with Crippen LogP contribution in [-0.4, -0.2) is 20.0 Å². The average Bonchev–Trinajstić information content (AvgIpc) is 2.41. The molecular formula is C13H15N3O3S. The SMILES string of the molecule is CCOc1cccnc1NS(=O)(=O)c1ccc(N)cc1. The van der Waals surface area contributed by atoms with Crippen LogP contribution >= 0.6 is 0 Å². The van der Waals surface area contributed by atoms with Gasteiger partial charge in [0.15, 0.2) is 11.6 Å². The minimum Gasteiger partial charge on any atom is -0.490 e. The van der Waals surface area contributed by atoms with E-state index in [0.717, 1.165) is 0 Å². The largest absolute Gasteiger partial charge is 0.490 e. The molecule has 0 amide bonds. The van der Waals surface area contributed by atoms with E-state index in [9.17, 15) is 8.42 Å². The fourth-order valence-corrected chi connectivity index (χ4v) is 2.59. The summed E-state index contributed by atoms with van der Waals surface area (Å²) in [7, 11) is -3.72. The average molecular weight is 293 g/mol. The van der Waals surface area contributed by atoms with Crippen molar-refractivity contribution in [3.8, 4) is 5.75 Å². The van der Waals surface area contributed by atoms with Crippen molar-refractivity contribution in [1.82, 2.24) is 4.98 Å². The number of hydrogen-bond acceptors (Lipinski definition) is 5. The van der Waals surface area contributed by atoms with E-state index < -0.39 is 10.0 Å². The highest BCUT2D eigenvalue weighted by Gasteiger charge is 2.17. The Morgan fingerprint density at radius 1 is 1.25 bits per heavy atom. The van der Waals surface area contributed by atoms with E-state index in [0.29, 0.717) is 18.0 Å². The van der Waals surface area contributed by atoms with Crippen LogP contribution in [0.25, 0.3) is 0 Å². The fourth-order valence-electron chi connectivity index (χ4n) is 1.57. The summed E-state index contributed by atoms with van der Waals surface area (Å²) in [6.45, 7) is 2.23. The van der Waals surface area contributed by atoms with Crippen molar-refractivity contribution in [3.05, 3.63) is 42.6 Å². The second-order valence-electron chi connectivity index (χ2n) is 3.96. The first-order valence-electron chi connectivity index (χ1n) is 5.99. The Morgan fingerprint density at radius 2 is 1.95 bits per heavy atom. The number of hydrogen-bond donors (Lipinski definition) is 2. The van der Waals surface area contributed by atoms with Crippen molar-refractivity contribution < 1.29 is 13.2 Å². The van der Waals surface area contributed by atoms with Crippen molar-refractivity contribution >= 4 is 21.5 Å². The van der Waals surface area contributed by atoms with Crippen LogP contribution in [0.2, 0.25) is 0 Å². The number of rotatable bonds is 5. The number of nitrogens with one attached hydrogen (secondary N) is 1. The first-order valence-corrected chi connectivity index (χ1v) is 7.47. The smallest absolute Gasteiger partial charge is 0.263 e. The van der Waals surface area contributed by atoms with Gasteiger partial charge in [0.2, 0.25) is 0 Å². The van der Waals surface area contributed by atoms with Crippen LogP contribution in [0.5, 0.6) is 5.75 Å². The zero-order chi connectivity index (χ0) is 14.6. The lowest BCUT2D eigenvalue weighted by Gasteiger charge is -2.11. The van der Waals surface area contributed by atoms with E-state index in [1.165, 1.54) is 30.5 Å². The van der Waals surface area contributed by atoms with E-state index in [1.807, 2.05) is 6.92 Å². The van der Waals surface area contributed by atoms with Crippen LogP contribution in [0, 0.1) is 0 Å². The zero-order valence-electron chi connectivity index (χ0n) is 10.9. The molecule has 0 aliphatic carbocycles. The van der Waals surface area contributed by atoms with Gasteiger partial charge in [-0.25, -0.2) is 13.4 Å². The Kier molecular flexibility index (Phi) is 4.09. The lowest BCUT2D eigenvalue weighted by molar-refractivity contribution is 0.341. The van der Waals surface area contributed by atoms with Gasteiger partial charge in [0.1, 0.15) is 0 Å². The summed E-state index contributed by atoms with van der Waals surface area (Å²) in [5.74, 6) is 0.542. The van der Waals surface area contributed by atoms with Crippen molar-refractivity contribution in [2.24, 2.45) is 0 Å². The summed E-state index contributed by atoms with van der Waals surface area (Å²) in [6.07, 6.45) is 1.49. The quantitative estimate of drug-likeness (QED) is 0.821. The monoisotopic (exact) mass is 293 g/mol. The number of nitrogen functional groups attached to an aromatic ring is 1. The van der Waals surface area contributed by atoms with Crippen LogP contribution in [0.4, 0.5) is 11.5 Å². The Balaban J connectivity index is 2.31. The molecule has 0 fully saturated rings. The number of ether oxygens (including phenoxy) is 1. The van der Waals surface area contributed by atoms with Crippen LogP contribution in [0.1, 0.15) is 6.92 Å². The van der Waals surface area contributed by atoms with E-state index >= 15 is 0 Å². The molecule has 3 N–H and O–H groups in total. The summed E-state index contributed by atoms with van der Waals surface area (Å²) >= 11 is 0. The van der Waals surface area contributed by atoms with E-state index in [1.54, 1.807) is 12.1 Å². The first-order chi connectivity index (χ1) is 9.53. The van der Waals surface area contributed by atoms with Crippen LogP contribution < -0.4 is 15.2 Å². The molecule has 0 aliphatic rings. The lowest BCUT2D eigenvalue weighted by Crippen LogP contribution is -2.15. The number of nitrogens with two attached hydrogens (primary N) is 1. The molecule has 1 aromatic carbocycles. The summed E-state index contributed by atoms with van der Waals surface area (Å²) in [6, 6.07) is 9.23. The molecule has 2 rings (SSSR count). The summed E-state index contributed by atoms with van der Waals surface area (Å²) < 4.78 is 32.2. The highest BCUT2D eigenvalue weighted by molar-refractivity contribution is 7.92. The molecule has 106 valence electrons. The maximum absolute atomic E-state index is 12.2. The predicted octanol–water partition coefficient (Wildman–Crippen LogP) is 1.86. The lowest BCUT2D eigenvalue weighted by atomic mass is 10.3. The molecule has 0 atom stereocenters. The number of benzene rings is 1. The summed E-state index contributed by atoms with van der Waals surface area (Å²) in [5, 5.41) is 0. The number of anilines is 2. The van der Waals surface area contributed by atoms with Gasteiger partial charge in [0, 0.05) is 11.9 Å². The molecule has 20 heavy (non-hydrogen) atoms. The third-order valence-electron chi connectivity index (χ3n) is 2.49. The molecule has 0 unspecified atom stereocenters. The number of sulfonamides is 1. The first kappa shape index (κ1) is 14.1. The highest BCUT2D eigenvalue weighted by Crippen LogP contribution is 2.24. The summed E-state index contributed by atoms with van der Waals surface area (Å²) in [5.41, 5.74) is 6.04. The van der Waals surface area contributed by atoms with Gasteiger partial charge >= 0.3 is 0 Å². The molecular weight excluding hydrogens is 278 g/mol. The second kappa shape index (κ2) is 5.79. The molecule has 0 aliphatic heterocycles. The van der Waals surface area contributed by atoms with Crippen molar-refractivity contribution in [1.29, 1.82) is 0 Å². The van der Waals surface area contributed by atoms with Gasteiger partial charge in [-0.2, -0.15) is 0 Å². The molecule has 1 heterocycles. The maximum atomic E-state index is 12.2. The topological polar surface area (TPSA) is 94.3 Å².